The Morgan fingerprint density at radius 3 is 2.50 bits per heavy atom. The van der Waals surface area contributed by atoms with Crippen LogP contribution in [-0.2, 0) is 10.0 Å². The summed E-state index contributed by atoms with van der Waals surface area (Å²) >= 11 is 0. The van der Waals surface area contributed by atoms with Crippen molar-refractivity contribution in [2.45, 2.75) is 25.3 Å². The zero-order valence-electron chi connectivity index (χ0n) is 7.36. The van der Waals surface area contributed by atoms with Gasteiger partial charge in [0.05, 0.1) is 5.75 Å². The highest BCUT2D eigenvalue weighted by Crippen LogP contribution is 2.25. The van der Waals surface area contributed by atoms with E-state index in [4.69, 9.17) is 5.14 Å². The third-order valence-electron chi connectivity index (χ3n) is 2.11. The van der Waals surface area contributed by atoms with Crippen molar-refractivity contribution in [2.24, 2.45) is 5.14 Å². The van der Waals surface area contributed by atoms with Gasteiger partial charge in [-0.1, -0.05) is 0 Å². The second-order valence-electron chi connectivity index (χ2n) is 3.43. The van der Waals surface area contributed by atoms with Crippen molar-refractivity contribution in [1.82, 2.24) is 4.90 Å². The van der Waals surface area contributed by atoms with Gasteiger partial charge in [-0.15, -0.1) is 0 Å². The van der Waals surface area contributed by atoms with Crippen molar-refractivity contribution in [1.29, 1.82) is 0 Å². The van der Waals surface area contributed by atoms with Crippen LogP contribution in [-0.4, -0.2) is 38.7 Å². The Morgan fingerprint density at radius 1 is 1.50 bits per heavy atom. The molecule has 0 saturated heterocycles. The van der Waals surface area contributed by atoms with Crippen LogP contribution in [0.25, 0.3) is 0 Å². The van der Waals surface area contributed by atoms with Crippen molar-refractivity contribution in [3.8, 4) is 0 Å². The molecule has 2 N–H and O–H groups in total. The molecular formula is C7H16N2O2S. The molecule has 1 saturated carbocycles. The smallest absolute Gasteiger partial charge is 0.209 e. The highest BCUT2D eigenvalue weighted by Gasteiger charge is 2.25. The predicted octanol–water partition coefficient (Wildman–Crippen LogP) is -0.241. The molecule has 0 spiro atoms. The Kier molecular flexibility index (Phi) is 3.09. The lowest BCUT2D eigenvalue weighted by Crippen LogP contribution is -2.25. The predicted molar refractivity (Wildman–Crippen MR) is 48.2 cm³/mol. The van der Waals surface area contributed by atoms with Crippen molar-refractivity contribution in [3.05, 3.63) is 0 Å². The fraction of sp³-hybridized carbons (Fsp3) is 1.00. The molecule has 0 unspecified atom stereocenters. The number of hydrogen-bond acceptors (Lipinski definition) is 3. The number of rotatable bonds is 5. The quantitative estimate of drug-likeness (QED) is 0.654. The molecule has 0 amide bonds. The molecule has 0 radical (unpaired) electrons. The van der Waals surface area contributed by atoms with E-state index < -0.39 is 10.0 Å². The molecule has 0 heterocycles. The van der Waals surface area contributed by atoms with Crippen LogP contribution in [0.3, 0.4) is 0 Å². The van der Waals surface area contributed by atoms with Gasteiger partial charge in [0.1, 0.15) is 0 Å². The second kappa shape index (κ2) is 3.72. The lowest BCUT2D eigenvalue weighted by Gasteiger charge is -2.14. The van der Waals surface area contributed by atoms with Crippen LogP contribution < -0.4 is 5.14 Å². The molecule has 5 heteroatoms. The Bertz CT molecular complexity index is 234. The minimum atomic E-state index is -3.25. The first kappa shape index (κ1) is 9.95. The number of hydrogen-bond donors (Lipinski definition) is 1. The van der Waals surface area contributed by atoms with E-state index in [9.17, 15) is 8.42 Å². The number of nitrogens with zero attached hydrogens (tertiary/aromatic N) is 1. The van der Waals surface area contributed by atoms with Gasteiger partial charge >= 0.3 is 0 Å². The normalized spacial score (nSPS) is 18.6. The average Bonchev–Trinajstić information content (AvgIpc) is 2.64. The lowest BCUT2D eigenvalue weighted by molar-refractivity contribution is 0.325. The third kappa shape index (κ3) is 4.04. The minimum Gasteiger partial charge on any atom is -0.303 e. The summed E-state index contributed by atoms with van der Waals surface area (Å²) in [5, 5.41) is 4.87. The molecule has 4 nitrogen and oxygen atoms in total. The highest BCUT2D eigenvalue weighted by atomic mass is 32.2. The Hall–Kier alpha value is -0.130. The van der Waals surface area contributed by atoms with Crippen molar-refractivity contribution < 1.29 is 8.42 Å². The summed E-state index contributed by atoms with van der Waals surface area (Å²) in [6.45, 7) is 0.834. The monoisotopic (exact) mass is 192 g/mol. The Morgan fingerprint density at radius 2 is 2.08 bits per heavy atom. The first-order valence-electron chi connectivity index (χ1n) is 4.20. The van der Waals surface area contributed by atoms with E-state index in [1.807, 2.05) is 7.05 Å². The SMILES string of the molecule is CN(CCCS(N)(=O)=O)C1CC1. The van der Waals surface area contributed by atoms with E-state index in [0.29, 0.717) is 12.5 Å². The number of primary sulfonamides is 1. The van der Waals surface area contributed by atoms with Crippen LogP contribution in [0.1, 0.15) is 19.3 Å². The standard InChI is InChI=1S/C7H16N2O2S/c1-9(7-3-4-7)5-2-6-12(8,10)11/h7H,2-6H2,1H3,(H2,8,10,11). The summed E-state index contributed by atoms with van der Waals surface area (Å²) < 4.78 is 21.1. The fourth-order valence-electron chi connectivity index (χ4n) is 1.21. The summed E-state index contributed by atoms with van der Waals surface area (Å²) in [6.07, 6.45) is 3.16. The molecule has 0 aromatic heterocycles. The second-order valence-corrected chi connectivity index (χ2v) is 5.17. The zero-order chi connectivity index (χ0) is 9.19. The van der Waals surface area contributed by atoms with Crippen molar-refractivity contribution in [2.75, 3.05) is 19.3 Å². The molecule has 0 atom stereocenters. The van der Waals surface area contributed by atoms with Gasteiger partial charge in [0.2, 0.25) is 10.0 Å². The summed E-state index contributed by atoms with van der Waals surface area (Å²) in [5.41, 5.74) is 0. The molecular weight excluding hydrogens is 176 g/mol. The number of nitrogens with two attached hydrogens (primary N) is 1. The van der Waals surface area contributed by atoms with Crippen LogP contribution in [0, 0.1) is 0 Å². The largest absolute Gasteiger partial charge is 0.303 e. The molecule has 0 aliphatic heterocycles. The minimum absolute atomic E-state index is 0.101. The van der Waals surface area contributed by atoms with Crippen LogP contribution in [0.15, 0.2) is 0 Å². The van der Waals surface area contributed by atoms with Crippen molar-refractivity contribution in [3.63, 3.8) is 0 Å². The summed E-state index contributed by atoms with van der Waals surface area (Å²) in [6, 6.07) is 0.700. The van der Waals surface area contributed by atoms with E-state index in [2.05, 4.69) is 4.90 Å². The van der Waals surface area contributed by atoms with Crippen molar-refractivity contribution >= 4 is 10.0 Å². The molecule has 1 aliphatic carbocycles. The van der Waals surface area contributed by atoms with Crippen LogP contribution in [0.2, 0.25) is 0 Å². The molecule has 0 bridgehead atoms. The Balaban J connectivity index is 2.09. The summed E-state index contributed by atoms with van der Waals surface area (Å²) in [4.78, 5) is 2.20. The van der Waals surface area contributed by atoms with E-state index in [0.717, 1.165) is 6.54 Å². The maximum atomic E-state index is 10.6. The van der Waals surface area contributed by atoms with Gasteiger partial charge in [0.25, 0.3) is 0 Å². The van der Waals surface area contributed by atoms with Crippen LogP contribution in [0.4, 0.5) is 0 Å². The van der Waals surface area contributed by atoms with Crippen LogP contribution in [0.5, 0.6) is 0 Å². The molecule has 1 rings (SSSR count). The van der Waals surface area contributed by atoms with Gasteiger partial charge < -0.3 is 4.90 Å². The fourth-order valence-corrected chi connectivity index (χ4v) is 1.74. The first-order valence-corrected chi connectivity index (χ1v) is 5.91. The van der Waals surface area contributed by atoms with Gasteiger partial charge in [-0.05, 0) is 32.9 Å². The van der Waals surface area contributed by atoms with Gasteiger partial charge in [-0.25, -0.2) is 13.6 Å². The lowest BCUT2D eigenvalue weighted by atomic mass is 10.4. The van der Waals surface area contributed by atoms with E-state index in [1.165, 1.54) is 12.8 Å². The molecule has 12 heavy (non-hydrogen) atoms. The van der Waals surface area contributed by atoms with Gasteiger partial charge in [0.15, 0.2) is 0 Å². The summed E-state index contributed by atoms with van der Waals surface area (Å²) in [5.74, 6) is 0.101. The van der Waals surface area contributed by atoms with Gasteiger partial charge in [-0.3, -0.25) is 0 Å². The average molecular weight is 192 g/mol. The molecule has 0 aromatic rings. The van der Waals surface area contributed by atoms with Crippen LogP contribution >= 0.6 is 0 Å². The highest BCUT2D eigenvalue weighted by molar-refractivity contribution is 7.89. The van der Waals surface area contributed by atoms with E-state index >= 15 is 0 Å². The van der Waals surface area contributed by atoms with E-state index in [-0.39, 0.29) is 5.75 Å². The summed E-state index contributed by atoms with van der Waals surface area (Å²) in [7, 11) is -1.22. The van der Waals surface area contributed by atoms with Gasteiger partial charge in [-0.2, -0.15) is 0 Å². The maximum Gasteiger partial charge on any atom is 0.209 e. The Labute approximate surface area is 73.8 Å². The number of sulfonamides is 1. The molecule has 0 aromatic carbocycles. The third-order valence-corrected chi connectivity index (χ3v) is 2.97. The topological polar surface area (TPSA) is 63.4 Å². The molecule has 72 valence electrons. The van der Waals surface area contributed by atoms with Gasteiger partial charge in [0, 0.05) is 6.04 Å². The molecule has 1 fully saturated rings. The molecule has 1 aliphatic rings. The zero-order valence-corrected chi connectivity index (χ0v) is 8.18. The maximum absolute atomic E-state index is 10.6. The first-order chi connectivity index (χ1) is 5.49. The van der Waals surface area contributed by atoms with E-state index in [1.54, 1.807) is 0 Å².